The Hall–Kier alpha value is -2.32. The molecule has 1 fully saturated rings. The third kappa shape index (κ3) is 4.07. The number of carboxylic acid groups (broad SMARTS) is 2. The van der Waals surface area contributed by atoms with Crippen molar-refractivity contribution in [1.82, 2.24) is 15.5 Å². The predicted octanol–water partition coefficient (Wildman–Crippen LogP) is -0.918. The SMILES string of the molecule is CNC(=O)C1(C)CCN(C(=O)NC(CC(=O)O)C(=O)O)C1. The van der Waals surface area contributed by atoms with Crippen molar-refractivity contribution < 1.29 is 29.4 Å². The summed E-state index contributed by atoms with van der Waals surface area (Å²) >= 11 is 0. The largest absolute Gasteiger partial charge is 0.481 e. The van der Waals surface area contributed by atoms with Crippen LogP contribution in [0.3, 0.4) is 0 Å². The van der Waals surface area contributed by atoms with Gasteiger partial charge >= 0.3 is 18.0 Å². The minimum Gasteiger partial charge on any atom is -0.481 e. The number of carbonyl (C=O) groups excluding carboxylic acids is 2. The Labute approximate surface area is 121 Å². The lowest BCUT2D eigenvalue weighted by Gasteiger charge is -2.24. The summed E-state index contributed by atoms with van der Waals surface area (Å²) in [6.45, 7) is 2.16. The van der Waals surface area contributed by atoms with Gasteiger partial charge in [0.25, 0.3) is 0 Å². The van der Waals surface area contributed by atoms with Crippen molar-refractivity contribution in [3.8, 4) is 0 Å². The molecule has 1 rings (SSSR count). The minimum atomic E-state index is -1.50. The summed E-state index contributed by atoms with van der Waals surface area (Å²) in [5, 5.41) is 22.2. The average molecular weight is 301 g/mol. The van der Waals surface area contributed by atoms with Crippen molar-refractivity contribution in [1.29, 1.82) is 0 Å². The Bertz CT molecular complexity index is 466. The van der Waals surface area contributed by atoms with E-state index < -0.39 is 35.8 Å². The van der Waals surface area contributed by atoms with Crippen molar-refractivity contribution in [2.24, 2.45) is 5.41 Å². The number of nitrogens with one attached hydrogen (secondary N) is 2. The molecular weight excluding hydrogens is 282 g/mol. The molecule has 3 amide bonds. The molecule has 4 N–H and O–H groups in total. The van der Waals surface area contributed by atoms with Crippen LogP contribution in [0.1, 0.15) is 19.8 Å². The first-order chi connectivity index (χ1) is 9.69. The molecule has 0 saturated carbocycles. The molecule has 0 radical (unpaired) electrons. The molecule has 9 heteroatoms. The van der Waals surface area contributed by atoms with Crippen LogP contribution in [-0.2, 0) is 14.4 Å². The summed E-state index contributed by atoms with van der Waals surface area (Å²) in [7, 11) is 1.50. The molecule has 0 spiro atoms. The van der Waals surface area contributed by atoms with Crippen LogP contribution in [0.4, 0.5) is 4.79 Å². The number of nitrogens with zero attached hydrogens (tertiary/aromatic N) is 1. The van der Waals surface area contributed by atoms with Gasteiger partial charge < -0.3 is 25.7 Å². The number of likely N-dealkylation sites (tertiary alicyclic amines) is 1. The summed E-state index contributed by atoms with van der Waals surface area (Å²) in [6, 6.07) is -2.18. The number of rotatable bonds is 5. The molecule has 9 nitrogen and oxygen atoms in total. The fourth-order valence-electron chi connectivity index (χ4n) is 2.24. The Morgan fingerprint density at radius 1 is 1.29 bits per heavy atom. The first-order valence-corrected chi connectivity index (χ1v) is 6.42. The number of carbonyl (C=O) groups is 4. The lowest BCUT2D eigenvalue weighted by atomic mass is 9.89. The zero-order valence-corrected chi connectivity index (χ0v) is 11.9. The summed E-state index contributed by atoms with van der Waals surface area (Å²) < 4.78 is 0. The minimum absolute atomic E-state index is 0.151. The first-order valence-electron chi connectivity index (χ1n) is 6.42. The van der Waals surface area contributed by atoms with Gasteiger partial charge in [0.05, 0.1) is 11.8 Å². The van der Waals surface area contributed by atoms with E-state index in [-0.39, 0.29) is 12.5 Å². The van der Waals surface area contributed by atoms with E-state index in [9.17, 15) is 19.2 Å². The van der Waals surface area contributed by atoms with Crippen LogP contribution in [-0.4, -0.2) is 65.2 Å². The molecule has 1 aliphatic heterocycles. The molecule has 2 atom stereocenters. The predicted molar refractivity (Wildman–Crippen MR) is 70.6 cm³/mol. The normalized spacial score (nSPS) is 22.5. The fourth-order valence-corrected chi connectivity index (χ4v) is 2.24. The lowest BCUT2D eigenvalue weighted by molar-refractivity contribution is -0.145. The van der Waals surface area contributed by atoms with Crippen LogP contribution in [0.2, 0.25) is 0 Å². The maximum absolute atomic E-state index is 12.0. The third-order valence-corrected chi connectivity index (χ3v) is 3.51. The van der Waals surface area contributed by atoms with Gasteiger partial charge in [-0.25, -0.2) is 9.59 Å². The molecule has 0 bridgehead atoms. The van der Waals surface area contributed by atoms with Crippen LogP contribution in [0.5, 0.6) is 0 Å². The molecule has 2 unspecified atom stereocenters. The van der Waals surface area contributed by atoms with Crippen LogP contribution in [0.15, 0.2) is 0 Å². The number of aliphatic carboxylic acids is 2. The van der Waals surface area contributed by atoms with Crippen molar-refractivity contribution in [3.05, 3.63) is 0 Å². The van der Waals surface area contributed by atoms with E-state index in [0.717, 1.165) is 0 Å². The van der Waals surface area contributed by atoms with Crippen molar-refractivity contribution in [2.75, 3.05) is 20.1 Å². The zero-order chi connectivity index (χ0) is 16.2. The monoisotopic (exact) mass is 301 g/mol. The first kappa shape index (κ1) is 16.7. The quantitative estimate of drug-likeness (QED) is 0.518. The van der Waals surface area contributed by atoms with Crippen LogP contribution in [0, 0.1) is 5.41 Å². The molecule has 1 aliphatic rings. The highest BCUT2D eigenvalue weighted by molar-refractivity contribution is 5.87. The molecule has 0 aromatic carbocycles. The van der Waals surface area contributed by atoms with Crippen molar-refractivity contribution >= 4 is 23.9 Å². The smallest absolute Gasteiger partial charge is 0.326 e. The summed E-state index contributed by atoms with van der Waals surface area (Å²) in [6.07, 6.45) is -0.252. The van der Waals surface area contributed by atoms with Gasteiger partial charge in [0.15, 0.2) is 0 Å². The van der Waals surface area contributed by atoms with Crippen LogP contribution in [0.25, 0.3) is 0 Å². The van der Waals surface area contributed by atoms with Gasteiger partial charge in [0.2, 0.25) is 5.91 Å². The second kappa shape index (κ2) is 6.42. The second-order valence-electron chi connectivity index (χ2n) is 5.25. The molecule has 0 aromatic rings. The molecule has 1 heterocycles. The van der Waals surface area contributed by atoms with E-state index in [2.05, 4.69) is 10.6 Å². The number of hydrogen-bond acceptors (Lipinski definition) is 4. The van der Waals surface area contributed by atoms with Gasteiger partial charge in [0.1, 0.15) is 6.04 Å². The molecule has 0 aliphatic carbocycles. The number of carboxylic acids is 2. The lowest BCUT2D eigenvalue weighted by Crippen LogP contribution is -2.49. The Morgan fingerprint density at radius 2 is 1.90 bits per heavy atom. The third-order valence-electron chi connectivity index (χ3n) is 3.51. The topological polar surface area (TPSA) is 136 Å². The van der Waals surface area contributed by atoms with Crippen molar-refractivity contribution in [3.63, 3.8) is 0 Å². The van der Waals surface area contributed by atoms with Gasteiger partial charge in [-0.2, -0.15) is 0 Å². The summed E-state index contributed by atoms with van der Waals surface area (Å²) in [5.41, 5.74) is -0.725. The molecule has 1 saturated heterocycles. The van der Waals surface area contributed by atoms with Crippen molar-refractivity contribution in [2.45, 2.75) is 25.8 Å². The van der Waals surface area contributed by atoms with Crippen LogP contribution < -0.4 is 10.6 Å². The summed E-state index contributed by atoms with van der Waals surface area (Å²) in [4.78, 5) is 46.5. The zero-order valence-electron chi connectivity index (χ0n) is 11.9. The molecular formula is C12H19N3O6. The number of urea groups is 1. The molecule has 0 aromatic heterocycles. The van der Waals surface area contributed by atoms with E-state index in [4.69, 9.17) is 10.2 Å². The Balaban J connectivity index is 2.66. The van der Waals surface area contributed by atoms with Crippen LogP contribution >= 0.6 is 0 Å². The summed E-state index contributed by atoms with van der Waals surface area (Å²) in [5.74, 6) is -2.93. The number of amides is 3. The van der Waals surface area contributed by atoms with E-state index in [0.29, 0.717) is 13.0 Å². The Kier molecular flexibility index (Phi) is 5.12. The van der Waals surface area contributed by atoms with Gasteiger partial charge in [-0.15, -0.1) is 0 Å². The standard InChI is InChI=1S/C12H19N3O6/c1-12(10(20)13-2)3-4-15(6-12)11(21)14-7(9(18)19)5-8(16)17/h7H,3-6H2,1-2H3,(H,13,20)(H,14,21)(H,16,17)(H,18,19). The fraction of sp³-hybridized carbons (Fsp3) is 0.667. The molecule has 21 heavy (non-hydrogen) atoms. The molecule has 118 valence electrons. The van der Waals surface area contributed by atoms with E-state index >= 15 is 0 Å². The highest BCUT2D eigenvalue weighted by atomic mass is 16.4. The second-order valence-corrected chi connectivity index (χ2v) is 5.25. The van der Waals surface area contributed by atoms with Gasteiger partial charge in [-0.05, 0) is 13.3 Å². The van der Waals surface area contributed by atoms with E-state index in [1.54, 1.807) is 6.92 Å². The number of hydrogen-bond donors (Lipinski definition) is 4. The maximum atomic E-state index is 12.0. The van der Waals surface area contributed by atoms with Gasteiger partial charge in [0, 0.05) is 20.1 Å². The highest BCUT2D eigenvalue weighted by Gasteiger charge is 2.42. The van der Waals surface area contributed by atoms with E-state index in [1.165, 1.54) is 11.9 Å². The average Bonchev–Trinajstić information content (AvgIpc) is 2.80. The van der Waals surface area contributed by atoms with Gasteiger partial charge in [-0.1, -0.05) is 0 Å². The van der Waals surface area contributed by atoms with Gasteiger partial charge in [-0.3, -0.25) is 9.59 Å². The highest BCUT2D eigenvalue weighted by Crippen LogP contribution is 2.30. The van der Waals surface area contributed by atoms with E-state index in [1.807, 2.05) is 0 Å². The Morgan fingerprint density at radius 3 is 2.38 bits per heavy atom. The maximum Gasteiger partial charge on any atom is 0.326 e.